The van der Waals surface area contributed by atoms with Gasteiger partial charge in [0, 0.05) is 11.1 Å². The first-order valence-corrected chi connectivity index (χ1v) is 7.30. The van der Waals surface area contributed by atoms with Gasteiger partial charge in [-0.1, -0.05) is 12.1 Å². The largest absolute Gasteiger partial charge is 0.494 e. The third kappa shape index (κ3) is 2.91. The molecule has 1 aromatic heterocycles. The van der Waals surface area contributed by atoms with Crippen LogP contribution in [0.4, 0.5) is 17.1 Å². The highest BCUT2D eigenvalue weighted by Crippen LogP contribution is 2.32. The minimum Gasteiger partial charge on any atom is -0.494 e. The van der Waals surface area contributed by atoms with Crippen LogP contribution in [0.5, 0.6) is 5.75 Å². The molecule has 7 heteroatoms. The number of nitrogens with one attached hydrogen (secondary N) is 1. The fourth-order valence-electron chi connectivity index (χ4n) is 2.38. The molecule has 0 amide bonds. The lowest BCUT2D eigenvalue weighted by molar-refractivity contribution is -0.386. The van der Waals surface area contributed by atoms with Crippen LogP contribution in [0.1, 0.15) is 6.92 Å². The maximum Gasteiger partial charge on any atom is 0.417 e. The zero-order chi connectivity index (χ0) is 17.1. The van der Waals surface area contributed by atoms with Crippen LogP contribution in [0.3, 0.4) is 0 Å². The zero-order valence-corrected chi connectivity index (χ0v) is 12.8. The summed E-state index contributed by atoms with van der Waals surface area (Å²) in [5, 5.41) is 14.7. The van der Waals surface area contributed by atoms with E-state index in [2.05, 4.69) is 5.32 Å². The van der Waals surface area contributed by atoms with E-state index in [1.165, 1.54) is 0 Å². The van der Waals surface area contributed by atoms with E-state index in [0.717, 1.165) is 0 Å². The number of nitro groups is 1. The normalized spacial score (nSPS) is 10.5. The molecule has 3 aromatic rings. The number of nitrogens with zero attached hydrogens (tertiary/aromatic N) is 1. The van der Waals surface area contributed by atoms with Crippen molar-refractivity contribution < 1.29 is 14.1 Å². The Kier molecular flexibility index (Phi) is 4.15. The van der Waals surface area contributed by atoms with Crippen molar-refractivity contribution >= 4 is 28.0 Å². The molecule has 0 spiro atoms. The Morgan fingerprint density at radius 3 is 2.54 bits per heavy atom. The van der Waals surface area contributed by atoms with Crippen LogP contribution in [0.15, 0.2) is 57.7 Å². The number of benzene rings is 2. The molecule has 0 saturated heterocycles. The predicted octanol–water partition coefficient (Wildman–Crippen LogP) is 3.84. The van der Waals surface area contributed by atoms with Crippen LogP contribution < -0.4 is 15.7 Å². The van der Waals surface area contributed by atoms with E-state index in [-0.39, 0.29) is 11.3 Å². The monoisotopic (exact) mass is 326 g/mol. The Morgan fingerprint density at radius 1 is 1.17 bits per heavy atom. The van der Waals surface area contributed by atoms with Gasteiger partial charge in [0.15, 0.2) is 0 Å². The molecule has 0 radical (unpaired) electrons. The summed E-state index contributed by atoms with van der Waals surface area (Å²) in [4.78, 5) is 22.5. The van der Waals surface area contributed by atoms with Crippen LogP contribution in [-0.2, 0) is 0 Å². The van der Waals surface area contributed by atoms with E-state index in [0.29, 0.717) is 23.4 Å². The summed E-state index contributed by atoms with van der Waals surface area (Å²) in [6, 6.07) is 13.6. The van der Waals surface area contributed by atoms with Gasteiger partial charge in [0.1, 0.15) is 17.0 Å². The number of hydrogen-bond donors (Lipinski definition) is 1. The zero-order valence-electron chi connectivity index (χ0n) is 12.8. The van der Waals surface area contributed by atoms with Gasteiger partial charge in [0.2, 0.25) is 0 Å². The Bertz CT molecular complexity index is 947. The molecule has 0 atom stereocenters. The lowest BCUT2D eigenvalue weighted by atomic mass is 10.1. The molecule has 24 heavy (non-hydrogen) atoms. The predicted molar refractivity (Wildman–Crippen MR) is 90.0 cm³/mol. The SMILES string of the molecule is CCOc1ccc(Nc2c([N+](=O)[O-])c(=O)oc3ccccc23)cc1. The molecule has 7 nitrogen and oxygen atoms in total. The van der Waals surface area contributed by atoms with Gasteiger partial charge in [-0.3, -0.25) is 10.1 Å². The molecule has 0 aliphatic heterocycles. The molecule has 1 N–H and O–H groups in total. The minimum atomic E-state index is -0.993. The van der Waals surface area contributed by atoms with Gasteiger partial charge in [0.05, 0.1) is 11.5 Å². The molecule has 1 heterocycles. The molecule has 122 valence electrons. The number of para-hydroxylation sites is 1. The lowest BCUT2D eigenvalue weighted by Crippen LogP contribution is -2.10. The van der Waals surface area contributed by atoms with Gasteiger partial charge >= 0.3 is 11.3 Å². The van der Waals surface area contributed by atoms with E-state index in [1.807, 2.05) is 6.92 Å². The van der Waals surface area contributed by atoms with E-state index < -0.39 is 16.2 Å². The molecule has 0 unspecified atom stereocenters. The highest BCUT2D eigenvalue weighted by atomic mass is 16.6. The third-order valence-electron chi connectivity index (χ3n) is 3.41. The van der Waals surface area contributed by atoms with Gasteiger partial charge in [-0.2, -0.15) is 0 Å². The fourth-order valence-corrected chi connectivity index (χ4v) is 2.38. The Hall–Kier alpha value is -3.35. The van der Waals surface area contributed by atoms with E-state index >= 15 is 0 Å². The molecule has 0 bridgehead atoms. The van der Waals surface area contributed by atoms with Crippen molar-refractivity contribution in [2.45, 2.75) is 6.92 Å². The molecular weight excluding hydrogens is 312 g/mol. The Morgan fingerprint density at radius 2 is 1.88 bits per heavy atom. The third-order valence-corrected chi connectivity index (χ3v) is 3.41. The van der Waals surface area contributed by atoms with Crippen LogP contribution >= 0.6 is 0 Å². The first kappa shape index (κ1) is 15.5. The maximum atomic E-state index is 12.0. The van der Waals surface area contributed by atoms with Crippen molar-refractivity contribution in [2.75, 3.05) is 11.9 Å². The first-order chi connectivity index (χ1) is 11.6. The van der Waals surface area contributed by atoms with Crippen LogP contribution in [-0.4, -0.2) is 11.5 Å². The highest BCUT2D eigenvalue weighted by molar-refractivity contribution is 5.96. The molecule has 0 saturated carbocycles. The molecule has 0 aliphatic rings. The second-order valence-corrected chi connectivity index (χ2v) is 4.95. The lowest BCUT2D eigenvalue weighted by Gasteiger charge is -2.10. The summed E-state index contributed by atoms with van der Waals surface area (Å²) in [6.07, 6.45) is 0. The van der Waals surface area contributed by atoms with E-state index in [1.54, 1.807) is 48.5 Å². The molecule has 3 rings (SSSR count). The average molecular weight is 326 g/mol. The minimum absolute atomic E-state index is 0.107. The average Bonchev–Trinajstić information content (AvgIpc) is 2.56. The van der Waals surface area contributed by atoms with Gasteiger partial charge < -0.3 is 14.5 Å². The molecule has 2 aromatic carbocycles. The second-order valence-electron chi connectivity index (χ2n) is 4.95. The van der Waals surface area contributed by atoms with Gasteiger partial charge in [-0.25, -0.2) is 4.79 Å². The molecular formula is C17H14N2O5. The van der Waals surface area contributed by atoms with Crippen molar-refractivity contribution in [3.8, 4) is 5.75 Å². The first-order valence-electron chi connectivity index (χ1n) is 7.30. The summed E-state index contributed by atoms with van der Waals surface area (Å²) >= 11 is 0. The van der Waals surface area contributed by atoms with Crippen molar-refractivity contribution in [1.82, 2.24) is 0 Å². The van der Waals surface area contributed by atoms with Gasteiger partial charge in [-0.15, -0.1) is 0 Å². The quantitative estimate of drug-likeness (QED) is 0.435. The summed E-state index contributed by atoms with van der Waals surface area (Å²) in [5.74, 6) is 0.690. The maximum absolute atomic E-state index is 12.0. The van der Waals surface area contributed by atoms with Crippen molar-refractivity contribution in [2.24, 2.45) is 0 Å². The van der Waals surface area contributed by atoms with Crippen LogP contribution in [0.25, 0.3) is 11.0 Å². The van der Waals surface area contributed by atoms with Crippen LogP contribution in [0.2, 0.25) is 0 Å². The summed E-state index contributed by atoms with van der Waals surface area (Å²) in [6.45, 7) is 2.42. The van der Waals surface area contributed by atoms with Crippen molar-refractivity contribution in [3.05, 3.63) is 69.1 Å². The Balaban J connectivity index is 2.11. The number of hydrogen-bond acceptors (Lipinski definition) is 6. The van der Waals surface area contributed by atoms with E-state index in [9.17, 15) is 14.9 Å². The number of ether oxygens (including phenoxy) is 1. The van der Waals surface area contributed by atoms with E-state index in [4.69, 9.17) is 9.15 Å². The van der Waals surface area contributed by atoms with Crippen molar-refractivity contribution in [1.29, 1.82) is 0 Å². The molecule has 0 aliphatic carbocycles. The fraction of sp³-hybridized carbons (Fsp3) is 0.118. The standard InChI is InChI=1S/C17H14N2O5/c1-2-23-12-9-7-11(8-10-12)18-15-13-5-3-4-6-14(13)24-17(20)16(15)19(21)22/h3-10,18H,2H2,1H3. The second kappa shape index (κ2) is 6.41. The summed E-state index contributed by atoms with van der Waals surface area (Å²) in [5.41, 5.74) is -0.635. The number of rotatable bonds is 5. The van der Waals surface area contributed by atoms with Crippen LogP contribution in [0, 0.1) is 10.1 Å². The summed E-state index contributed by atoms with van der Waals surface area (Å²) < 4.78 is 10.4. The number of fused-ring (bicyclic) bond motifs is 1. The van der Waals surface area contributed by atoms with Gasteiger partial charge in [0.25, 0.3) is 0 Å². The van der Waals surface area contributed by atoms with Gasteiger partial charge in [-0.05, 0) is 43.3 Å². The molecule has 0 fully saturated rings. The number of anilines is 2. The summed E-state index contributed by atoms with van der Waals surface area (Å²) in [7, 11) is 0. The smallest absolute Gasteiger partial charge is 0.417 e. The highest BCUT2D eigenvalue weighted by Gasteiger charge is 2.24. The Labute approximate surface area is 136 Å². The topological polar surface area (TPSA) is 94.6 Å². The van der Waals surface area contributed by atoms with Crippen molar-refractivity contribution in [3.63, 3.8) is 0 Å².